The van der Waals surface area contributed by atoms with Gasteiger partial charge in [0.05, 0.1) is 24.6 Å². The highest BCUT2D eigenvalue weighted by atomic mass is 15.6. The van der Waals surface area contributed by atoms with E-state index < -0.39 is 0 Å². The van der Waals surface area contributed by atoms with Gasteiger partial charge in [0.25, 0.3) is 0 Å². The molecule has 1 aromatic heterocycles. The molecular formula is C14H14N6. The van der Waals surface area contributed by atoms with Crippen LogP contribution < -0.4 is 0 Å². The van der Waals surface area contributed by atoms with E-state index in [1.54, 1.807) is 0 Å². The molecule has 0 aliphatic rings. The minimum atomic E-state index is -0.269. The second-order valence-electron chi connectivity index (χ2n) is 4.56. The summed E-state index contributed by atoms with van der Waals surface area (Å²) in [4.78, 5) is 1.42. The summed E-state index contributed by atoms with van der Waals surface area (Å²) < 4.78 is 0. The molecule has 0 spiro atoms. The summed E-state index contributed by atoms with van der Waals surface area (Å²) in [5, 5.41) is 29.8. The maximum Gasteiger partial charge on any atom is 0.204 e. The first-order chi connectivity index (χ1) is 9.72. The number of nitriles is 2. The second kappa shape index (κ2) is 6.44. The lowest BCUT2D eigenvalue weighted by atomic mass is 10.1. The van der Waals surface area contributed by atoms with Crippen molar-refractivity contribution in [1.82, 2.24) is 20.2 Å². The first-order valence-corrected chi connectivity index (χ1v) is 6.34. The van der Waals surface area contributed by atoms with Crippen molar-refractivity contribution in [3.8, 4) is 23.5 Å². The largest absolute Gasteiger partial charge is 0.204 e. The number of benzene rings is 1. The van der Waals surface area contributed by atoms with Gasteiger partial charge in [0.1, 0.15) is 0 Å². The van der Waals surface area contributed by atoms with Crippen LogP contribution in [0.15, 0.2) is 24.3 Å². The Morgan fingerprint density at radius 2 is 2.00 bits per heavy atom. The third kappa shape index (κ3) is 3.39. The molecule has 1 unspecified atom stereocenters. The van der Waals surface area contributed by atoms with Gasteiger partial charge in [0.15, 0.2) is 0 Å². The molecule has 0 saturated carbocycles. The van der Waals surface area contributed by atoms with Gasteiger partial charge in [-0.25, -0.2) is 0 Å². The summed E-state index contributed by atoms with van der Waals surface area (Å²) >= 11 is 0. The van der Waals surface area contributed by atoms with E-state index in [4.69, 9.17) is 10.5 Å². The molecule has 2 rings (SSSR count). The molecule has 0 fully saturated rings. The maximum atomic E-state index is 9.02. The molecule has 0 radical (unpaired) electrons. The van der Waals surface area contributed by atoms with Crippen LogP contribution in [0, 0.1) is 35.5 Å². The lowest BCUT2D eigenvalue weighted by Crippen LogP contribution is -2.12. The number of tetrazole rings is 1. The molecule has 0 aliphatic heterocycles. The molecule has 20 heavy (non-hydrogen) atoms. The summed E-state index contributed by atoms with van der Waals surface area (Å²) in [6, 6.07) is 12.1. The van der Waals surface area contributed by atoms with Crippen molar-refractivity contribution in [2.75, 3.05) is 0 Å². The zero-order chi connectivity index (χ0) is 14.4. The fourth-order valence-electron chi connectivity index (χ4n) is 1.77. The van der Waals surface area contributed by atoms with Crippen LogP contribution in [0.25, 0.3) is 11.4 Å². The number of rotatable bonds is 5. The van der Waals surface area contributed by atoms with Crippen molar-refractivity contribution in [2.45, 2.75) is 26.3 Å². The standard InChI is InChI=1S/C14H14N6/c1-11-4-6-13(7-5-11)14-17-19-20(18-14)10-12(9-16)3-2-8-15/h4-7,12H,2-3,10H2,1H3. The van der Waals surface area contributed by atoms with Gasteiger partial charge in [-0.3, -0.25) is 0 Å². The van der Waals surface area contributed by atoms with Gasteiger partial charge in [0, 0.05) is 12.0 Å². The fourth-order valence-corrected chi connectivity index (χ4v) is 1.77. The second-order valence-corrected chi connectivity index (χ2v) is 4.56. The Morgan fingerprint density at radius 1 is 1.25 bits per heavy atom. The van der Waals surface area contributed by atoms with Crippen molar-refractivity contribution < 1.29 is 0 Å². The molecule has 1 atom stereocenters. The summed E-state index contributed by atoms with van der Waals surface area (Å²) in [7, 11) is 0. The smallest absolute Gasteiger partial charge is 0.198 e. The predicted molar refractivity (Wildman–Crippen MR) is 71.9 cm³/mol. The molecular weight excluding hydrogens is 252 g/mol. The quantitative estimate of drug-likeness (QED) is 0.826. The lowest BCUT2D eigenvalue weighted by molar-refractivity contribution is 0.427. The lowest BCUT2D eigenvalue weighted by Gasteiger charge is -2.03. The van der Waals surface area contributed by atoms with Crippen LogP contribution >= 0.6 is 0 Å². The van der Waals surface area contributed by atoms with Gasteiger partial charge in [-0.2, -0.15) is 15.3 Å². The molecule has 100 valence electrons. The zero-order valence-corrected chi connectivity index (χ0v) is 11.2. The Morgan fingerprint density at radius 3 is 2.65 bits per heavy atom. The predicted octanol–water partition coefficient (Wildman–Crippen LogP) is 2.09. The topological polar surface area (TPSA) is 91.2 Å². The molecule has 0 aliphatic carbocycles. The monoisotopic (exact) mass is 266 g/mol. The Labute approximate surface area is 117 Å². The van der Waals surface area contributed by atoms with E-state index >= 15 is 0 Å². The number of nitrogens with zero attached hydrogens (tertiary/aromatic N) is 6. The maximum absolute atomic E-state index is 9.02. The molecule has 6 heteroatoms. The molecule has 0 bridgehead atoms. The minimum absolute atomic E-state index is 0.269. The van der Waals surface area contributed by atoms with Crippen LogP contribution in [0.3, 0.4) is 0 Å². The van der Waals surface area contributed by atoms with Crippen LogP contribution in [-0.2, 0) is 6.54 Å². The van der Waals surface area contributed by atoms with Crippen molar-refractivity contribution in [1.29, 1.82) is 10.5 Å². The third-order valence-corrected chi connectivity index (χ3v) is 2.93. The first kappa shape index (κ1) is 13.7. The number of hydrogen-bond acceptors (Lipinski definition) is 5. The van der Waals surface area contributed by atoms with E-state index in [-0.39, 0.29) is 5.92 Å². The van der Waals surface area contributed by atoms with E-state index in [9.17, 15) is 0 Å². The summed E-state index contributed by atoms with van der Waals surface area (Å²) in [5.74, 6) is 0.275. The van der Waals surface area contributed by atoms with Gasteiger partial charge < -0.3 is 0 Å². The summed E-state index contributed by atoms with van der Waals surface area (Å²) in [6.07, 6.45) is 0.881. The third-order valence-electron chi connectivity index (χ3n) is 2.93. The number of hydrogen-bond donors (Lipinski definition) is 0. The Hall–Kier alpha value is -2.73. The van der Waals surface area contributed by atoms with Gasteiger partial charge in [-0.05, 0) is 18.6 Å². The van der Waals surface area contributed by atoms with Crippen LogP contribution in [0.5, 0.6) is 0 Å². The van der Waals surface area contributed by atoms with E-state index in [0.29, 0.717) is 25.2 Å². The van der Waals surface area contributed by atoms with Crippen LogP contribution in [0.2, 0.25) is 0 Å². The molecule has 1 heterocycles. The zero-order valence-electron chi connectivity index (χ0n) is 11.2. The van der Waals surface area contributed by atoms with Crippen molar-refractivity contribution in [3.05, 3.63) is 29.8 Å². The minimum Gasteiger partial charge on any atom is -0.198 e. The highest BCUT2D eigenvalue weighted by molar-refractivity contribution is 5.53. The van der Waals surface area contributed by atoms with E-state index in [2.05, 4.69) is 21.5 Å². The van der Waals surface area contributed by atoms with Gasteiger partial charge in [-0.15, -0.1) is 10.2 Å². The summed E-state index contributed by atoms with van der Waals surface area (Å²) in [6.45, 7) is 2.37. The number of aromatic nitrogens is 4. The van der Waals surface area contributed by atoms with Crippen LogP contribution in [0.4, 0.5) is 0 Å². The van der Waals surface area contributed by atoms with Gasteiger partial charge in [-0.1, -0.05) is 29.8 Å². The fraction of sp³-hybridized carbons (Fsp3) is 0.357. The molecule has 1 aromatic carbocycles. The van der Waals surface area contributed by atoms with E-state index in [1.165, 1.54) is 10.4 Å². The number of aryl methyl sites for hydroxylation is 1. The van der Waals surface area contributed by atoms with E-state index in [0.717, 1.165) is 5.56 Å². The van der Waals surface area contributed by atoms with Crippen molar-refractivity contribution >= 4 is 0 Å². The SMILES string of the molecule is Cc1ccc(-c2nnn(CC(C#N)CCC#N)n2)cc1. The Bertz CT molecular complexity index is 644. The van der Waals surface area contributed by atoms with Crippen molar-refractivity contribution in [3.63, 3.8) is 0 Å². The average Bonchev–Trinajstić information content (AvgIpc) is 2.92. The Kier molecular flexibility index (Phi) is 4.41. The van der Waals surface area contributed by atoms with E-state index in [1.807, 2.05) is 37.3 Å². The highest BCUT2D eigenvalue weighted by Gasteiger charge is 2.12. The summed E-state index contributed by atoms with van der Waals surface area (Å²) in [5.41, 5.74) is 2.06. The van der Waals surface area contributed by atoms with Gasteiger partial charge in [0.2, 0.25) is 5.82 Å². The molecule has 0 saturated heterocycles. The first-order valence-electron chi connectivity index (χ1n) is 6.34. The average molecular weight is 266 g/mol. The van der Waals surface area contributed by atoms with Gasteiger partial charge >= 0.3 is 0 Å². The molecule has 2 aromatic rings. The van der Waals surface area contributed by atoms with Crippen LogP contribution in [0.1, 0.15) is 18.4 Å². The highest BCUT2D eigenvalue weighted by Crippen LogP contribution is 2.14. The normalized spacial score (nSPS) is 11.6. The molecule has 0 N–H and O–H groups in total. The van der Waals surface area contributed by atoms with Crippen molar-refractivity contribution in [2.24, 2.45) is 5.92 Å². The molecule has 6 nitrogen and oxygen atoms in total. The van der Waals surface area contributed by atoms with Crippen LogP contribution in [-0.4, -0.2) is 20.2 Å². The molecule has 0 amide bonds. The Balaban J connectivity index is 2.07.